The lowest BCUT2D eigenvalue weighted by atomic mass is 10.1. The fourth-order valence-corrected chi connectivity index (χ4v) is 3.47. The van der Waals surface area contributed by atoms with Gasteiger partial charge in [0.1, 0.15) is 11.5 Å². The molecule has 0 aromatic heterocycles. The van der Waals surface area contributed by atoms with Crippen LogP contribution < -0.4 is 14.8 Å². The summed E-state index contributed by atoms with van der Waals surface area (Å²) in [6.07, 6.45) is 0.199. The van der Waals surface area contributed by atoms with Gasteiger partial charge in [-0.1, -0.05) is 18.2 Å². The van der Waals surface area contributed by atoms with Crippen molar-refractivity contribution in [3.8, 4) is 11.5 Å². The van der Waals surface area contributed by atoms with E-state index in [1.165, 1.54) is 7.11 Å². The second-order valence-electron chi connectivity index (χ2n) is 7.11. The first kappa shape index (κ1) is 22.1. The SMILES string of the molecule is COc1cccc(C(=O)N2CCN(C(=O)CCNC(=O)c3ccccc3OC)CC2)c1. The molecule has 0 spiro atoms. The van der Waals surface area contributed by atoms with E-state index in [9.17, 15) is 14.4 Å². The third-order valence-corrected chi connectivity index (χ3v) is 5.21. The molecule has 1 aliphatic heterocycles. The Balaban J connectivity index is 1.45. The predicted molar refractivity (Wildman–Crippen MR) is 115 cm³/mol. The molecule has 8 nitrogen and oxygen atoms in total. The molecule has 0 bridgehead atoms. The lowest BCUT2D eigenvalue weighted by Gasteiger charge is -2.35. The molecular formula is C23H27N3O5. The fraction of sp³-hybridized carbons (Fsp3) is 0.348. The van der Waals surface area contributed by atoms with E-state index in [0.717, 1.165) is 0 Å². The Hall–Kier alpha value is -3.55. The molecule has 1 saturated heterocycles. The van der Waals surface area contributed by atoms with Crippen LogP contribution in [-0.4, -0.2) is 74.5 Å². The molecule has 0 unspecified atom stereocenters. The fourth-order valence-electron chi connectivity index (χ4n) is 3.47. The quantitative estimate of drug-likeness (QED) is 0.731. The summed E-state index contributed by atoms with van der Waals surface area (Å²) in [7, 11) is 3.07. The summed E-state index contributed by atoms with van der Waals surface area (Å²) >= 11 is 0. The molecule has 3 amide bonds. The minimum Gasteiger partial charge on any atom is -0.497 e. The van der Waals surface area contributed by atoms with E-state index in [-0.39, 0.29) is 30.7 Å². The van der Waals surface area contributed by atoms with Crippen molar-refractivity contribution in [2.75, 3.05) is 46.9 Å². The maximum atomic E-state index is 12.7. The van der Waals surface area contributed by atoms with Crippen LogP contribution in [-0.2, 0) is 4.79 Å². The summed E-state index contributed by atoms with van der Waals surface area (Å²) in [5.74, 6) is 0.723. The second-order valence-corrected chi connectivity index (χ2v) is 7.11. The van der Waals surface area contributed by atoms with Gasteiger partial charge in [-0.2, -0.15) is 0 Å². The first-order chi connectivity index (χ1) is 15.0. The molecule has 3 rings (SSSR count). The number of para-hydroxylation sites is 1. The van der Waals surface area contributed by atoms with Crippen LogP contribution in [0.2, 0.25) is 0 Å². The van der Waals surface area contributed by atoms with Crippen LogP contribution in [0.1, 0.15) is 27.1 Å². The topological polar surface area (TPSA) is 88.2 Å². The zero-order valence-electron chi connectivity index (χ0n) is 17.8. The number of carbonyl (C=O) groups excluding carboxylic acids is 3. The first-order valence-electron chi connectivity index (χ1n) is 10.2. The minimum atomic E-state index is -0.279. The Morgan fingerprint density at radius 1 is 0.903 bits per heavy atom. The lowest BCUT2D eigenvalue weighted by molar-refractivity contribution is -0.132. The third kappa shape index (κ3) is 5.53. The van der Waals surface area contributed by atoms with E-state index >= 15 is 0 Å². The number of hydrogen-bond donors (Lipinski definition) is 1. The highest BCUT2D eigenvalue weighted by Gasteiger charge is 2.25. The largest absolute Gasteiger partial charge is 0.497 e. The Bertz CT molecular complexity index is 938. The van der Waals surface area contributed by atoms with Gasteiger partial charge >= 0.3 is 0 Å². The van der Waals surface area contributed by atoms with Gasteiger partial charge in [-0.25, -0.2) is 0 Å². The molecule has 2 aromatic carbocycles. The zero-order valence-corrected chi connectivity index (χ0v) is 17.8. The van der Waals surface area contributed by atoms with Gasteiger partial charge in [-0.05, 0) is 30.3 Å². The van der Waals surface area contributed by atoms with Crippen molar-refractivity contribution >= 4 is 17.7 Å². The Morgan fingerprint density at radius 2 is 1.61 bits per heavy atom. The highest BCUT2D eigenvalue weighted by atomic mass is 16.5. The van der Waals surface area contributed by atoms with E-state index in [2.05, 4.69) is 5.32 Å². The van der Waals surface area contributed by atoms with Crippen LogP contribution in [0.25, 0.3) is 0 Å². The normalized spacial score (nSPS) is 13.5. The van der Waals surface area contributed by atoms with Crippen molar-refractivity contribution < 1.29 is 23.9 Å². The third-order valence-electron chi connectivity index (χ3n) is 5.21. The summed E-state index contributed by atoms with van der Waals surface area (Å²) < 4.78 is 10.4. The van der Waals surface area contributed by atoms with Gasteiger partial charge in [-0.3, -0.25) is 14.4 Å². The molecule has 0 aliphatic carbocycles. The number of amides is 3. The highest BCUT2D eigenvalue weighted by Crippen LogP contribution is 2.17. The molecule has 164 valence electrons. The van der Waals surface area contributed by atoms with Gasteiger partial charge in [0, 0.05) is 44.7 Å². The Kier molecular flexibility index (Phi) is 7.48. The monoisotopic (exact) mass is 425 g/mol. The molecule has 8 heteroatoms. The number of nitrogens with one attached hydrogen (secondary N) is 1. The molecular weight excluding hydrogens is 398 g/mol. The summed E-state index contributed by atoms with van der Waals surface area (Å²) in [6, 6.07) is 14.0. The van der Waals surface area contributed by atoms with E-state index in [1.807, 2.05) is 0 Å². The zero-order chi connectivity index (χ0) is 22.2. The highest BCUT2D eigenvalue weighted by molar-refractivity contribution is 5.97. The Labute approximate surface area is 181 Å². The van der Waals surface area contributed by atoms with Crippen molar-refractivity contribution in [3.63, 3.8) is 0 Å². The van der Waals surface area contributed by atoms with Crippen LogP contribution >= 0.6 is 0 Å². The van der Waals surface area contributed by atoms with Gasteiger partial charge in [0.15, 0.2) is 0 Å². The number of ether oxygens (including phenoxy) is 2. The van der Waals surface area contributed by atoms with Gasteiger partial charge < -0.3 is 24.6 Å². The van der Waals surface area contributed by atoms with Gasteiger partial charge in [0.2, 0.25) is 5.91 Å². The van der Waals surface area contributed by atoms with Gasteiger partial charge in [0.05, 0.1) is 19.8 Å². The van der Waals surface area contributed by atoms with Crippen LogP contribution in [0.5, 0.6) is 11.5 Å². The van der Waals surface area contributed by atoms with E-state index in [4.69, 9.17) is 9.47 Å². The molecule has 1 fully saturated rings. The van der Waals surface area contributed by atoms with Crippen LogP contribution in [0.4, 0.5) is 0 Å². The van der Waals surface area contributed by atoms with Crippen molar-refractivity contribution in [2.24, 2.45) is 0 Å². The summed E-state index contributed by atoms with van der Waals surface area (Å²) in [6.45, 7) is 2.10. The molecule has 1 N–H and O–H groups in total. The number of rotatable bonds is 7. The van der Waals surface area contributed by atoms with Crippen molar-refractivity contribution in [2.45, 2.75) is 6.42 Å². The Morgan fingerprint density at radius 3 is 2.32 bits per heavy atom. The molecule has 0 radical (unpaired) electrons. The standard InChI is InChI=1S/C23H27N3O5/c1-30-18-7-5-6-17(16-18)23(29)26-14-12-25(13-15-26)21(27)10-11-24-22(28)19-8-3-4-9-20(19)31-2/h3-9,16H,10-15H2,1-2H3,(H,24,28). The van der Waals surface area contributed by atoms with Crippen molar-refractivity contribution in [3.05, 3.63) is 59.7 Å². The smallest absolute Gasteiger partial charge is 0.255 e. The van der Waals surface area contributed by atoms with E-state index in [1.54, 1.807) is 65.4 Å². The van der Waals surface area contributed by atoms with Crippen molar-refractivity contribution in [1.82, 2.24) is 15.1 Å². The summed E-state index contributed by atoms with van der Waals surface area (Å²) in [4.78, 5) is 41.0. The number of hydrogen-bond acceptors (Lipinski definition) is 5. The molecule has 2 aromatic rings. The number of piperazine rings is 1. The first-order valence-corrected chi connectivity index (χ1v) is 10.2. The number of carbonyl (C=O) groups is 3. The van der Waals surface area contributed by atoms with Crippen LogP contribution in [0.15, 0.2) is 48.5 Å². The lowest BCUT2D eigenvalue weighted by Crippen LogP contribution is -2.51. The molecule has 0 atom stereocenters. The molecule has 31 heavy (non-hydrogen) atoms. The number of benzene rings is 2. The summed E-state index contributed by atoms with van der Waals surface area (Å²) in [5.41, 5.74) is 1.00. The number of methoxy groups -OCH3 is 2. The van der Waals surface area contributed by atoms with E-state index < -0.39 is 0 Å². The molecule has 1 aliphatic rings. The molecule has 0 saturated carbocycles. The number of nitrogens with zero attached hydrogens (tertiary/aromatic N) is 2. The van der Waals surface area contributed by atoms with Gasteiger partial charge in [0.25, 0.3) is 11.8 Å². The summed E-state index contributed by atoms with van der Waals surface area (Å²) in [5, 5.41) is 2.76. The molecule has 1 heterocycles. The maximum Gasteiger partial charge on any atom is 0.255 e. The van der Waals surface area contributed by atoms with Gasteiger partial charge in [-0.15, -0.1) is 0 Å². The maximum absolute atomic E-state index is 12.7. The average Bonchev–Trinajstić information content (AvgIpc) is 2.83. The van der Waals surface area contributed by atoms with E-state index in [0.29, 0.717) is 48.8 Å². The van der Waals surface area contributed by atoms with Crippen LogP contribution in [0, 0.1) is 0 Å². The van der Waals surface area contributed by atoms with Crippen molar-refractivity contribution in [1.29, 1.82) is 0 Å². The minimum absolute atomic E-state index is 0.0474. The van der Waals surface area contributed by atoms with Crippen LogP contribution in [0.3, 0.4) is 0 Å². The second kappa shape index (κ2) is 10.5. The predicted octanol–water partition coefficient (Wildman–Crippen LogP) is 1.81. The average molecular weight is 425 g/mol.